The molecule has 0 aromatic rings. The van der Waals surface area contributed by atoms with Crippen LogP contribution in [0.4, 0.5) is 4.79 Å². The van der Waals surface area contributed by atoms with Gasteiger partial charge in [0.15, 0.2) is 0 Å². The van der Waals surface area contributed by atoms with Gasteiger partial charge in [0.2, 0.25) is 12.1 Å². The van der Waals surface area contributed by atoms with Gasteiger partial charge in [-0.3, -0.25) is 5.73 Å². The highest BCUT2D eigenvalue weighted by Gasteiger charge is 2.38. The van der Waals surface area contributed by atoms with Gasteiger partial charge in [-0.05, 0) is 25.3 Å². The Kier molecular flexibility index (Phi) is 5.32. The Bertz CT molecular complexity index is 266. The van der Waals surface area contributed by atoms with Gasteiger partial charge in [0.05, 0.1) is 0 Å². The number of carbonyl (C=O) groups is 1. The van der Waals surface area contributed by atoms with E-state index in [0.717, 1.165) is 0 Å². The molecule has 0 aliphatic rings. The van der Waals surface area contributed by atoms with Gasteiger partial charge in [0, 0.05) is 13.8 Å². The van der Waals surface area contributed by atoms with E-state index in [1.807, 2.05) is 0 Å². The third-order valence-electron chi connectivity index (χ3n) is 1.21. The molecule has 6 nitrogen and oxygen atoms in total. The van der Waals surface area contributed by atoms with Gasteiger partial charge in [0.25, 0.3) is 0 Å². The van der Waals surface area contributed by atoms with E-state index in [2.05, 4.69) is 4.74 Å². The molecule has 0 aromatic carbocycles. The molecule has 0 radical (unpaired) electrons. The average Bonchev–Trinajstić information content (AvgIpc) is 1.98. The molecule has 7 heteroatoms. The van der Waals surface area contributed by atoms with Gasteiger partial charge in [-0.2, -0.15) is 0 Å². The van der Waals surface area contributed by atoms with Crippen molar-refractivity contribution in [3.63, 3.8) is 0 Å². The third kappa shape index (κ3) is 7.56. The highest BCUT2D eigenvalue weighted by Crippen LogP contribution is 2.34. The van der Waals surface area contributed by atoms with E-state index in [1.165, 1.54) is 0 Å². The van der Waals surface area contributed by atoms with E-state index < -0.39 is 31.9 Å². The van der Waals surface area contributed by atoms with Gasteiger partial charge in [0.1, 0.15) is 5.60 Å². The fourth-order valence-electron chi connectivity index (χ4n) is 0.568. The Morgan fingerprint density at radius 2 is 1.75 bits per heavy atom. The minimum atomic E-state index is -2.09. The lowest BCUT2D eigenvalue weighted by atomic mass is 10.2. The lowest BCUT2D eigenvalue weighted by Gasteiger charge is -2.18. The predicted octanol–water partition coefficient (Wildman–Crippen LogP) is 2.35. The summed E-state index contributed by atoms with van der Waals surface area (Å²) in [6.07, 6.45) is -0.870. The Balaban J connectivity index is 3.84. The van der Waals surface area contributed by atoms with Crippen LogP contribution in [0.2, 0.25) is 0 Å². The molecule has 0 saturated carbocycles. The van der Waals surface area contributed by atoms with Crippen LogP contribution in [0.3, 0.4) is 0 Å². The van der Waals surface area contributed by atoms with Crippen LogP contribution in [0.25, 0.3) is 0 Å². The summed E-state index contributed by atoms with van der Waals surface area (Å²) in [4.78, 5) is 11.0. The van der Waals surface area contributed by atoms with Crippen molar-refractivity contribution < 1.29 is 23.4 Å². The first-order valence-electron chi connectivity index (χ1n) is 4.77. The first-order valence-corrected chi connectivity index (χ1v) is 5.95. The predicted molar refractivity (Wildman–Crippen MR) is 59.1 cm³/mol. The SMILES string of the molecule is CC(C)(C)OC(=O)OCO[P+](=O)C(C)(C)N. The van der Waals surface area contributed by atoms with Crippen molar-refractivity contribution in [2.75, 3.05) is 6.79 Å². The molecule has 0 aromatic heterocycles. The second kappa shape index (κ2) is 5.57. The number of carbonyl (C=O) groups excluding carboxylic acids is 1. The second-order valence-electron chi connectivity index (χ2n) is 4.77. The Morgan fingerprint density at radius 1 is 1.25 bits per heavy atom. The summed E-state index contributed by atoms with van der Waals surface area (Å²) in [5.74, 6) is 0. The summed E-state index contributed by atoms with van der Waals surface area (Å²) >= 11 is 0. The fourth-order valence-corrected chi connectivity index (χ4v) is 1.05. The summed E-state index contributed by atoms with van der Waals surface area (Å²) in [7, 11) is -2.09. The topological polar surface area (TPSA) is 87.9 Å². The van der Waals surface area contributed by atoms with Crippen LogP contribution in [-0.4, -0.2) is 23.8 Å². The minimum absolute atomic E-state index is 0.440. The highest BCUT2D eigenvalue weighted by molar-refractivity contribution is 7.40. The van der Waals surface area contributed by atoms with Crippen molar-refractivity contribution in [2.24, 2.45) is 5.73 Å². The number of hydrogen-bond acceptors (Lipinski definition) is 6. The van der Waals surface area contributed by atoms with Crippen LogP contribution in [0, 0.1) is 0 Å². The van der Waals surface area contributed by atoms with Gasteiger partial charge in [-0.25, -0.2) is 4.79 Å². The normalized spacial score (nSPS) is 13.2. The molecule has 1 unspecified atom stereocenters. The minimum Gasteiger partial charge on any atom is -0.429 e. The Labute approximate surface area is 96.3 Å². The standard InChI is InChI=1S/C9H19NO5P/c1-8(2,3)15-7(11)13-6-14-16(12)9(4,5)10/h6,10H2,1-5H3/q+1. The largest absolute Gasteiger partial charge is 0.533 e. The summed E-state index contributed by atoms with van der Waals surface area (Å²) in [5.41, 5.74) is 4.88. The van der Waals surface area contributed by atoms with E-state index >= 15 is 0 Å². The maximum absolute atomic E-state index is 11.3. The fraction of sp³-hybridized carbons (Fsp3) is 0.889. The molecule has 0 amide bonds. The van der Waals surface area contributed by atoms with Crippen LogP contribution in [0.1, 0.15) is 34.6 Å². The molecule has 0 aliphatic heterocycles. The summed E-state index contributed by atoms with van der Waals surface area (Å²) in [6.45, 7) is 7.79. The Hall–Kier alpha value is -0.710. The summed E-state index contributed by atoms with van der Waals surface area (Å²) < 4.78 is 25.5. The maximum Gasteiger partial charge on any atom is 0.533 e. The molecule has 0 spiro atoms. The van der Waals surface area contributed by atoms with Crippen molar-refractivity contribution in [2.45, 2.75) is 45.5 Å². The molecule has 0 fully saturated rings. The zero-order valence-corrected chi connectivity index (χ0v) is 11.2. The zero-order valence-electron chi connectivity index (χ0n) is 10.3. The molecule has 0 rings (SSSR count). The van der Waals surface area contributed by atoms with E-state index in [-0.39, 0.29) is 0 Å². The number of nitrogens with two attached hydrogens (primary N) is 1. The van der Waals surface area contributed by atoms with Crippen LogP contribution in [0.5, 0.6) is 0 Å². The van der Waals surface area contributed by atoms with Gasteiger partial charge >= 0.3 is 14.2 Å². The molecule has 0 saturated heterocycles. The molecule has 0 aliphatic carbocycles. The molecule has 94 valence electrons. The van der Waals surface area contributed by atoms with Gasteiger partial charge in [-0.1, -0.05) is 0 Å². The van der Waals surface area contributed by atoms with Crippen molar-refractivity contribution in [3.05, 3.63) is 0 Å². The molecule has 0 bridgehead atoms. The first kappa shape index (κ1) is 15.3. The van der Waals surface area contributed by atoms with E-state index in [4.69, 9.17) is 15.0 Å². The molecule has 2 N–H and O–H groups in total. The highest BCUT2D eigenvalue weighted by atomic mass is 31.1. The maximum atomic E-state index is 11.3. The lowest BCUT2D eigenvalue weighted by molar-refractivity contribution is -0.0349. The van der Waals surface area contributed by atoms with Crippen LogP contribution in [0.15, 0.2) is 0 Å². The number of ether oxygens (including phenoxy) is 2. The lowest BCUT2D eigenvalue weighted by Crippen LogP contribution is -2.28. The van der Waals surface area contributed by atoms with E-state index in [0.29, 0.717) is 0 Å². The van der Waals surface area contributed by atoms with Crippen LogP contribution >= 0.6 is 8.03 Å². The monoisotopic (exact) mass is 252 g/mol. The molecule has 16 heavy (non-hydrogen) atoms. The summed E-state index contributed by atoms with van der Waals surface area (Å²) in [5, 5.41) is -0.966. The second-order valence-corrected chi connectivity index (χ2v) is 6.69. The first-order chi connectivity index (χ1) is 7.02. The van der Waals surface area contributed by atoms with E-state index in [1.54, 1.807) is 34.6 Å². The van der Waals surface area contributed by atoms with E-state index in [9.17, 15) is 9.36 Å². The Morgan fingerprint density at radius 3 is 2.12 bits per heavy atom. The van der Waals surface area contributed by atoms with Gasteiger partial charge < -0.3 is 9.47 Å². The smallest absolute Gasteiger partial charge is 0.429 e. The number of hydrogen-bond donors (Lipinski definition) is 1. The summed E-state index contributed by atoms with van der Waals surface area (Å²) in [6, 6.07) is 0. The molecule has 0 heterocycles. The van der Waals surface area contributed by atoms with Crippen molar-refractivity contribution >= 4 is 14.2 Å². The van der Waals surface area contributed by atoms with Crippen LogP contribution in [-0.2, 0) is 18.6 Å². The van der Waals surface area contributed by atoms with Gasteiger partial charge in [-0.15, -0.1) is 4.52 Å². The molecular formula is C9H19NO5P+. The average molecular weight is 252 g/mol. The third-order valence-corrected chi connectivity index (χ3v) is 2.49. The van der Waals surface area contributed by atoms with Crippen molar-refractivity contribution in [1.29, 1.82) is 0 Å². The zero-order chi connectivity index (χ0) is 13.0. The number of rotatable bonds is 4. The van der Waals surface area contributed by atoms with Crippen molar-refractivity contribution in [1.82, 2.24) is 0 Å². The molecular weight excluding hydrogens is 233 g/mol. The van der Waals surface area contributed by atoms with Crippen LogP contribution < -0.4 is 5.73 Å². The van der Waals surface area contributed by atoms with Crippen molar-refractivity contribution in [3.8, 4) is 0 Å². The molecule has 1 atom stereocenters. The quantitative estimate of drug-likeness (QED) is 0.469.